The Bertz CT molecular complexity index is 438. The van der Waals surface area contributed by atoms with Gasteiger partial charge in [-0.1, -0.05) is 12.1 Å². The van der Waals surface area contributed by atoms with E-state index >= 15 is 0 Å². The number of benzene rings is 1. The third-order valence-corrected chi connectivity index (χ3v) is 3.65. The van der Waals surface area contributed by atoms with Crippen molar-refractivity contribution in [1.82, 2.24) is 0 Å². The van der Waals surface area contributed by atoms with Crippen molar-refractivity contribution < 1.29 is 4.79 Å². The van der Waals surface area contributed by atoms with Crippen molar-refractivity contribution >= 4 is 17.3 Å². The second kappa shape index (κ2) is 3.95. The topological polar surface area (TPSA) is 72.3 Å². The Balaban J connectivity index is 2.30. The highest BCUT2D eigenvalue weighted by Crippen LogP contribution is 2.36. The smallest absolute Gasteiger partial charge is 0.225 e. The van der Waals surface area contributed by atoms with Gasteiger partial charge in [0.2, 0.25) is 5.91 Å². The van der Waals surface area contributed by atoms with Crippen LogP contribution in [0.4, 0.5) is 11.4 Å². The molecule has 0 saturated carbocycles. The first-order valence-corrected chi connectivity index (χ1v) is 5.84. The minimum absolute atomic E-state index is 0.229. The van der Waals surface area contributed by atoms with E-state index in [1.807, 2.05) is 32.0 Å². The Hall–Kier alpha value is -1.71. The lowest BCUT2D eigenvalue weighted by Crippen LogP contribution is -2.37. The second-order valence-electron chi connectivity index (χ2n) is 5.11. The van der Waals surface area contributed by atoms with Crippen LogP contribution >= 0.6 is 0 Å². The standard InChI is InChI=1S/C13H19N3O/c1-9-4-3-5-10(14)11(9)16-7-6-13(2,8-16)12(15)17/h3-5H,6-8,14H2,1-2H3,(H2,15,17). The molecule has 1 aromatic carbocycles. The molecular formula is C13H19N3O. The predicted molar refractivity (Wildman–Crippen MR) is 69.7 cm³/mol. The minimum atomic E-state index is -0.436. The predicted octanol–water partition coefficient (Wildman–Crippen LogP) is 1.28. The quantitative estimate of drug-likeness (QED) is 0.756. The third kappa shape index (κ3) is 1.95. The molecule has 0 bridgehead atoms. The summed E-state index contributed by atoms with van der Waals surface area (Å²) in [6, 6.07) is 5.87. The van der Waals surface area contributed by atoms with E-state index in [4.69, 9.17) is 11.5 Å². The van der Waals surface area contributed by atoms with Crippen molar-refractivity contribution in [3.05, 3.63) is 23.8 Å². The van der Waals surface area contributed by atoms with Crippen LogP contribution in [0.1, 0.15) is 18.9 Å². The van der Waals surface area contributed by atoms with Gasteiger partial charge in [-0.15, -0.1) is 0 Å². The number of para-hydroxylation sites is 1. The maximum absolute atomic E-state index is 11.4. The lowest BCUT2D eigenvalue weighted by atomic mass is 9.89. The molecule has 1 atom stereocenters. The Morgan fingerprint density at radius 1 is 1.47 bits per heavy atom. The number of primary amides is 1. The average molecular weight is 233 g/mol. The molecule has 0 spiro atoms. The van der Waals surface area contributed by atoms with E-state index in [9.17, 15) is 4.79 Å². The summed E-state index contributed by atoms with van der Waals surface area (Å²) in [7, 11) is 0. The van der Waals surface area contributed by atoms with Gasteiger partial charge >= 0.3 is 0 Å². The molecule has 1 aliphatic heterocycles. The lowest BCUT2D eigenvalue weighted by molar-refractivity contribution is -0.125. The van der Waals surface area contributed by atoms with Crippen LogP contribution in [0.15, 0.2) is 18.2 Å². The van der Waals surface area contributed by atoms with Crippen molar-refractivity contribution in [2.75, 3.05) is 23.7 Å². The molecule has 1 aliphatic rings. The molecule has 0 aromatic heterocycles. The van der Waals surface area contributed by atoms with Gasteiger partial charge in [0.25, 0.3) is 0 Å². The number of nitrogens with two attached hydrogens (primary N) is 2. The van der Waals surface area contributed by atoms with E-state index in [0.29, 0.717) is 6.54 Å². The Labute approximate surface area is 102 Å². The summed E-state index contributed by atoms with van der Waals surface area (Å²) < 4.78 is 0. The van der Waals surface area contributed by atoms with Crippen LogP contribution < -0.4 is 16.4 Å². The van der Waals surface area contributed by atoms with Crippen LogP contribution in [0, 0.1) is 12.3 Å². The molecule has 1 amide bonds. The molecule has 1 unspecified atom stereocenters. The number of carbonyl (C=O) groups excluding carboxylic acids is 1. The number of nitrogens with zero attached hydrogens (tertiary/aromatic N) is 1. The summed E-state index contributed by atoms with van der Waals surface area (Å²) in [4.78, 5) is 13.6. The zero-order valence-electron chi connectivity index (χ0n) is 10.4. The molecule has 1 saturated heterocycles. The van der Waals surface area contributed by atoms with Gasteiger partial charge in [0.1, 0.15) is 0 Å². The number of hydrogen-bond acceptors (Lipinski definition) is 3. The van der Waals surface area contributed by atoms with E-state index < -0.39 is 5.41 Å². The summed E-state index contributed by atoms with van der Waals surface area (Å²) in [6.07, 6.45) is 0.788. The van der Waals surface area contributed by atoms with E-state index in [1.54, 1.807) is 0 Å². The van der Waals surface area contributed by atoms with E-state index in [2.05, 4.69) is 4.90 Å². The van der Waals surface area contributed by atoms with Crippen molar-refractivity contribution in [1.29, 1.82) is 0 Å². The molecule has 0 aliphatic carbocycles. The van der Waals surface area contributed by atoms with Gasteiger partial charge in [-0.2, -0.15) is 0 Å². The third-order valence-electron chi connectivity index (χ3n) is 3.65. The molecule has 1 fully saturated rings. The molecule has 1 heterocycles. The minimum Gasteiger partial charge on any atom is -0.397 e. The highest BCUT2D eigenvalue weighted by atomic mass is 16.1. The zero-order valence-corrected chi connectivity index (χ0v) is 10.4. The highest BCUT2D eigenvalue weighted by Gasteiger charge is 2.39. The van der Waals surface area contributed by atoms with Gasteiger partial charge in [-0.05, 0) is 31.9 Å². The molecule has 92 valence electrons. The Morgan fingerprint density at radius 2 is 2.18 bits per heavy atom. The van der Waals surface area contributed by atoms with E-state index in [0.717, 1.165) is 29.9 Å². The van der Waals surface area contributed by atoms with Crippen LogP contribution in [0.5, 0.6) is 0 Å². The van der Waals surface area contributed by atoms with Crippen molar-refractivity contribution in [3.63, 3.8) is 0 Å². The maximum Gasteiger partial charge on any atom is 0.225 e. The number of anilines is 2. The number of carbonyl (C=O) groups is 1. The average Bonchev–Trinajstić information content (AvgIpc) is 2.62. The summed E-state index contributed by atoms with van der Waals surface area (Å²) in [5, 5.41) is 0. The van der Waals surface area contributed by atoms with Crippen LogP contribution in [-0.4, -0.2) is 19.0 Å². The van der Waals surface area contributed by atoms with Crippen LogP contribution in [0.25, 0.3) is 0 Å². The molecule has 2 rings (SSSR count). The van der Waals surface area contributed by atoms with Gasteiger partial charge in [0.15, 0.2) is 0 Å². The first-order chi connectivity index (χ1) is 7.94. The van der Waals surface area contributed by atoms with Crippen molar-refractivity contribution in [2.45, 2.75) is 20.3 Å². The fourth-order valence-electron chi connectivity index (χ4n) is 2.47. The number of hydrogen-bond donors (Lipinski definition) is 2. The maximum atomic E-state index is 11.4. The molecule has 4 heteroatoms. The first kappa shape index (κ1) is 11.8. The number of nitrogen functional groups attached to an aromatic ring is 1. The van der Waals surface area contributed by atoms with Gasteiger partial charge < -0.3 is 16.4 Å². The Kier molecular flexibility index (Phi) is 2.73. The molecule has 1 aromatic rings. The highest BCUT2D eigenvalue weighted by molar-refractivity contribution is 5.83. The molecule has 4 N–H and O–H groups in total. The largest absolute Gasteiger partial charge is 0.397 e. The van der Waals surface area contributed by atoms with Crippen molar-refractivity contribution in [3.8, 4) is 0 Å². The van der Waals surface area contributed by atoms with Crippen LogP contribution in [0.2, 0.25) is 0 Å². The molecule has 4 nitrogen and oxygen atoms in total. The van der Waals surface area contributed by atoms with Gasteiger partial charge in [-0.25, -0.2) is 0 Å². The summed E-state index contributed by atoms with van der Waals surface area (Å²) in [6.45, 7) is 5.43. The SMILES string of the molecule is Cc1cccc(N)c1N1CCC(C)(C(N)=O)C1. The molecular weight excluding hydrogens is 214 g/mol. The van der Waals surface area contributed by atoms with Crippen LogP contribution in [-0.2, 0) is 4.79 Å². The fraction of sp³-hybridized carbons (Fsp3) is 0.462. The first-order valence-electron chi connectivity index (χ1n) is 5.84. The summed E-state index contributed by atoms with van der Waals surface area (Å²) >= 11 is 0. The fourth-order valence-corrected chi connectivity index (χ4v) is 2.47. The second-order valence-corrected chi connectivity index (χ2v) is 5.11. The van der Waals surface area contributed by atoms with Crippen LogP contribution in [0.3, 0.4) is 0 Å². The number of aryl methyl sites for hydroxylation is 1. The summed E-state index contributed by atoms with van der Waals surface area (Å²) in [5.74, 6) is -0.229. The zero-order chi connectivity index (χ0) is 12.6. The number of rotatable bonds is 2. The molecule has 0 radical (unpaired) electrons. The Morgan fingerprint density at radius 3 is 2.71 bits per heavy atom. The van der Waals surface area contributed by atoms with Gasteiger partial charge in [0, 0.05) is 13.1 Å². The monoisotopic (exact) mass is 233 g/mol. The van der Waals surface area contributed by atoms with Crippen molar-refractivity contribution in [2.24, 2.45) is 11.1 Å². The lowest BCUT2D eigenvalue weighted by Gasteiger charge is -2.25. The van der Waals surface area contributed by atoms with Gasteiger partial charge in [-0.3, -0.25) is 4.79 Å². The molecule has 17 heavy (non-hydrogen) atoms. The van der Waals surface area contributed by atoms with Gasteiger partial charge in [0.05, 0.1) is 16.8 Å². The summed E-state index contributed by atoms with van der Waals surface area (Å²) in [5.41, 5.74) is 14.0. The normalized spacial score (nSPS) is 24.0. The van der Waals surface area contributed by atoms with E-state index in [1.165, 1.54) is 0 Å². The van der Waals surface area contributed by atoms with E-state index in [-0.39, 0.29) is 5.91 Å². The number of amides is 1.